The van der Waals surface area contributed by atoms with E-state index in [1.54, 1.807) is 12.1 Å². The van der Waals surface area contributed by atoms with Gasteiger partial charge in [-0.3, -0.25) is 4.79 Å². The van der Waals surface area contributed by atoms with E-state index in [4.69, 9.17) is 15.2 Å². The summed E-state index contributed by atoms with van der Waals surface area (Å²) in [6.07, 6.45) is 0. The lowest BCUT2D eigenvalue weighted by atomic mass is 9.97. The zero-order chi connectivity index (χ0) is 14.1. The molecule has 0 fully saturated rings. The van der Waals surface area contributed by atoms with Gasteiger partial charge >= 0.3 is 0 Å². The fourth-order valence-electron chi connectivity index (χ4n) is 2.28. The van der Waals surface area contributed by atoms with E-state index < -0.39 is 0 Å². The lowest BCUT2D eigenvalue weighted by Crippen LogP contribution is -2.05. The quantitative estimate of drug-likeness (QED) is 0.869. The summed E-state index contributed by atoms with van der Waals surface area (Å²) in [5, 5.41) is 0. The Hall–Kier alpha value is -2.33. The molecule has 2 aromatic rings. The summed E-state index contributed by atoms with van der Waals surface area (Å²) in [5.74, 6) is 1.28. The predicted octanol–water partition coefficient (Wildman–Crippen LogP) is 2.41. The van der Waals surface area contributed by atoms with Gasteiger partial charge < -0.3 is 15.2 Å². The SMILES string of the molecule is Cc1cc2c(cc1C(=O)c1cccc(CN)c1)OCO2. The average molecular weight is 269 g/mol. The lowest BCUT2D eigenvalue weighted by Gasteiger charge is -2.08. The van der Waals surface area contributed by atoms with Crippen molar-refractivity contribution >= 4 is 5.78 Å². The summed E-state index contributed by atoms with van der Waals surface area (Å²) in [7, 11) is 0. The van der Waals surface area contributed by atoms with Crippen LogP contribution in [0.1, 0.15) is 27.0 Å². The molecule has 1 aliphatic rings. The zero-order valence-corrected chi connectivity index (χ0v) is 11.2. The Bertz CT molecular complexity index is 679. The third kappa shape index (κ3) is 2.14. The third-order valence-corrected chi connectivity index (χ3v) is 3.39. The van der Waals surface area contributed by atoms with Crippen molar-refractivity contribution in [3.8, 4) is 11.5 Å². The minimum Gasteiger partial charge on any atom is -0.454 e. The van der Waals surface area contributed by atoms with Crippen LogP contribution in [0.2, 0.25) is 0 Å². The largest absolute Gasteiger partial charge is 0.454 e. The fraction of sp³-hybridized carbons (Fsp3) is 0.188. The lowest BCUT2D eigenvalue weighted by molar-refractivity contribution is 0.103. The molecule has 1 aliphatic heterocycles. The summed E-state index contributed by atoms with van der Waals surface area (Å²) >= 11 is 0. The number of aryl methyl sites for hydroxylation is 1. The first kappa shape index (κ1) is 12.7. The van der Waals surface area contributed by atoms with Gasteiger partial charge in [0.05, 0.1) is 0 Å². The molecule has 0 saturated heterocycles. The highest BCUT2D eigenvalue weighted by Crippen LogP contribution is 2.35. The molecule has 0 spiro atoms. The standard InChI is InChI=1S/C16H15NO3/c1-10-5-14-15(20-9-19-14)7-13(10)16(18)12-4-2-3-11(6-12)8-17/h2-7H,8-9,17H2,1H3. The smallest absolute Gasteiger partial charge is 0.231 e. The second kappa shape index (κ2) is 4.98. The van der Waals surface area contributed by atoms with Crippen LogP contribution in [0.15, 0.2) is 36.4 Å². The molecule has 0 radical (unpaired) electrons. The van der Waals surface area contributed by atoms with Gasteiger partial charge in [-0.25, -0.2) is 0 Å². The molecular formula is C16H15NO3. The van der Waals surface area contributed by atoms with Crippen LogP contribution in [0.5, 0.6) is 11.5 Å². The molecule has 0 bridgehead atoms. The molecule has 0 amide bonds. The van der Waals surface area contributed by atoms with Gasteiger partial charge in [-0.15, -0.1) is 0 Å². The van der Waals surface area contributed by atoms with Crippen molar-refractivity contribution in [1.29, 1.82) is 0 Å². The number of ketones is 1. The minimum absolute atomic E-state index is 0.0314. The highest BCUT2D eigenvalue weighted by molar-refractivity contribution is 6.10. The molecule has 2 aromatic carbocycles. The van der Waals surface area contributed by atoms with Crippen molar-refractivity contribution in [3.63, 3.8) is 0 Å². The van der Waals surface area contributed by atoms with E-state index in [0.717, 1.165) is 11.1 Å². The van der Waals surface area contributed by atoms with Crippen molar-refractivity contribution in [2.45, 2.75) is 13.5 Å². The highest BCUT2D eigenvalue weighted by Gasteiger charge is 2.20. The Morgan fingerprint density at radius 1 is 1.20 bits per heavy atom. The maximum atomic E-state index is 12.6. The first-order valence-electron chi connectivity index (χ1n) is 6.43. The number of hydrogen-bond acceptors (Lipinski definition) is 4. The van der Waals surface area contributed by atoms with Crippen LogP contribution >= 0.6 is 0 Å². The van der Waals surface area contributed by atoms with Crippen LogP contribution in [0.4, 0.5) is 0 Å². The van der Waals surface area contributed by atoms with Crippen molar-refractivity contribution in [2.24, 2.45) is 5.73 Å². The van der Waals surface area contributed by atoms with Crippen LogP contribution in [-0.2, 0) is 6.54 Å². The summed E-state index contributed by atoms with van der Waals surface area (Å²) in [4.78, 5) is 12.6. The van der Waals surface area contributed by atoms with Gasteiger partial charge in [0.15, 0.2) is 17.3 Å². The first-order valence-corrected chi connectivity index (χ1v) is 6.43. The Kier molecular flexibility index (Phi) is 3.16. The van der Waals surface area contributed by atoms with Crippen molar-refractivity contribution in [3.05, 3.63) is 58.7 Å². The van der Waals surface area contributed by atoms with Crippen LogP contribution in [-0.4, -0.2) is 12.6 Å². The number of fused-ring (bicyclic) bond motifs is 1. The zero-order valence-electron chi connectivity index (χ0n) is 11.2. The molecule has 3 rings (SSSR count). The van der Waals surface area contributed by atoms with E-state index >= 15 is 0 Å². The maximum absolute atomic E-state index is 12.6. The van der Waals surface area contributed by atoms with Gasteiger partial charge in [-0.2, -0.15) is 0 Å². The number of nitrogens with two attached hydrogens (primary N) is 1. The van der Waals surface area contributed by atoms with Gasteiger partial charge in [-0.1, -0.05) is 18.2 Å². The summed E-state index contributed by atoms with van der Waals surface area (Å²) < 4.78 is 10.6. The first-order chi connectivity index (χ1) is 9.69. The van der Waals surface area contributed by atoms with Crippen LogP contribution < -0.4 is 15.2 Å². The monoisotopic (exact) mass is 269 g/mol. The van der Waals surface area contributed by atoms with Gasteiger partial charge in [0.1, 0.15) is 0 Å². The Labute approximate surface area is 117 Å². The number of carbonyl (C=O) groups excluding carboxylic acids is 1. The van der Waals surface area contributed by atoms with E-state index in [9.17, 15) is 4.79 Å². The van der Waals surface area contributed by atoms with Gasteiger partial charge in [0.2, 0.25) is 6.79 Å². The maximum Gasteiger partial charge on any atom is 0.231 e. The number of rotatable bonds is 3. The topological polar surface area (TPSA) is 61.6 Å². The molecule has 1 heterocycles. The van der Waals surface area contributed by atoms with E-state index in [2.05, 4.69) is 0 Å². The number of ether oxygens (including phenoxy) is 2. The number of benzene rings is 2. The number of carbonyl (C=O) groups is 1. The number of hydrogen-bond donors (Lipinski definition) is 1. The van der Waals surface area contributed by atoms with Gasteiger partial charge in [0, 0.05) is 17.7 Å². The van der Waals surface area contributed by atoms with Crippen molar-refractivity contribution in [1.82, 2.24) is 0 Å². The Morgan fingerprint density at radius 2 is 1.95 bits per heavy atom. The molecule has 4 nitrogen and oxygen atoms in total. The normalized spacial score (nSPS) is 12.5. The van der Waals surface area contributed by atoms with Crippen LogP contribution in [0.25, 0.3) is 0 Å². The molecule has 4 heteroatoms. The third-order valence-electron chi connectivity index (χ3n) is 3.39. The Balaban J connectivity index is 2.02. The summed E-state index contributed by atoms with van der Waals surface area (Å²) in [6.45, 7) is 2.51. The van der Waals surface area contributed by atoms with Gasteiger partial charge in [-0.05, 0) is 36.2 Å². The second-order valence-electron chi connectivity index (χ2n) is 4.75. The molecule has 0 saturated carbocycles. The van der Waals surface area contributed by atoms with Crippen LogP contribution in [0.3, 0.4) is 0 Å². The van der Waals surface area contributed by atoms with Gasteiger partial charge in [0.25, 0.3) is 0 Å². The average Bonchev–Trinajstić information content (AvgIpc) is 2.92. The Morgan fingerprint density at radius 3 is 2.70 bits per heavy atom. The molecule has 0 atom stereocenters. The molecule has 0 aliphatic carbocycles. The van der Waals surface area contributed by atoms with Crippen molar-refractivity contribution < 1.29 is 14.3 Å². The molecular weight excluding hydrogens is 254 g/mol. The molecule has 0 aromatic heterocycles. The summed E-state index contributed by atoms with van der Waals surface area (Å²) in [6, 6.07) is 11.0. The van der Waals surface area contributed by atoms with E-state index in [1.807, 2.05) is 31.2 Å². The van der Waals surface area contributed by atoms with E-state index in [0.29, 0.717) is 29.2 Å². The predicted molar refractivity (Wildman–Crippen MR) is 75.1 cm³/mol. The molecule has 20 heavy (non-hydrogen) atoms. The fourth-order valence-corrected chi connectivity index (χ4v) is 2.28. The molecule has 0 unspecified atom stereocenters. The molecule has 102 valence electrons. The van der Waals surface area contributed by atoms with Crippen molar-refractivity contribution in [2.75, 3.05) is 6.79 Å². The van der Waals surface area contributed by atoms with Crippen LogP contribution in [0, 0.1) is 6.92 Å². The van der Waals surface area contributed by atoms with E-state index in [1.165, 1.54) is 0 Å². The molecule has 2 N–H and O–H groups in total. The summed E-state index contributed by atoms with van der Waals surface area (Å²) in [5.41, 5.74) is 8.69. The second-order valence-corrected chi connectivity index (χ2v) is 4.75. The van der Waals surface area contributed by atoms with E-state index in [-0.39, 0.29) is 12.6 Å². The minimum atomic E-state index is -0.0314. The highest BCUT2D eigenvalue weighted by atomic mass is 16.7.